The van der Waals surface area contributed by atoms with Gasteiger partial charge in [-0.1, -0.05) is 0 Å². The molecule has 8 heteroatoms. The summed E-state index contributed by atoms with van der Waals surface area (Å²) in [6.07, 6.45) is -0.120. The highest BCUT2D eigenvalue weighted by Crippen LogP contribution is 2.16. The zero-order valence-corrected chi connectivity index (χ0v) is 10.8. The average Bonchev–Trinajstić information content (AvgIpc) is 2.72. The third-order valence-corrected chi connectivity index (χ3v) is 2.77. The second-order valence-electron chi connectivity index (χ2n) is 3.59. The van der Waals surface area contributed by atoms with E-state index in [1.165, 1.54) is 24.3 Å². The van der Waals surface area contributed by atoms with Gasteiger partial charge in [-0.15, -0.1) is 11.3 Å². The smallest absolute Gasteiger partial charge is 0.305 e. The van der Waals surface area contributed by atoms with Gasteiger partial charge in [-0.05, 0) is 0 Å². The molecule has 0 spiro atoms. The Balaban J connectivity index is 2.63. The van der Waals surface area contributed by atoms with Crippen LogP contribution < -0.4 is 5.32 Å². The van der Waals surface area contributed by atoms with Crippen molar-refractivity contribution in [3.63, 3.8) is 0 Å². The molecule has 1 rings (SSSR count). The minimum absolute atomic E-state index is 0.112. The lowest BCUT2D eigenvalue weighted by molar-refractivity contribution is -0.137. The Bertz CT molecular complexity index is 471. The van der Waals surface area contributed by atoms with E-state index in [0.29, 0.717) is 5.13 Å². The van der Waals surface area contributed by atoms with E-state index in [1.54, 1.807) is 0 Å². The van der Waals surface area contributed by atoms with Crippen LogP contribution in [0.5, 0.6) is 0 Å². The van der Waals surface area contributed by atoms with Gasteiger partial charge in [0.15, 0.2) is 5.13 Å². The molecule has 0 unspecified atom stereocenters. The number of rotatable bonds is 5. The van der Waals surface area contributed by atoms with E-state index in [2.05, 4.69) is 10.3 Å². The van der Waals surface area contributed by atoms with Gasteiger partial charge in [0.1, 0.15) is 5.69 Å². The standard InChI is InChI=1S/C10H13N3O4S/c1-6(14)11-10-12-7(5-18-10)9(17)13(2)4-3-8(15)16/h5H,3-4H2,1-2H3,(H,15,16)(H,11,12,14). The summed E-state index contributed by atoms with van der Waals surface area (Å²) >= 11 is 1.14. The summed E-state index contributed by atoms with van der Waals surface area (Å²) in [5.41, 5.74) is 0.191. The molecule has 0 aliphatic carbocycles. The van der Waals surface area contributed by atoms with Gasteiger partial charge in [0, 0.05) is 25.9 Å². The number of carboxylic acid groups (broad SMARTS) is 1. The molecule has 0 saturated heterocycles. The molecule has 0 radical (unpaired) electrons. The second kappa shape index (κ2) is 6.10. The number of nitrogens with one attached hydrogen (secondary N) is 1. The summed E-state index contributed by atoms with van der Waals surface area (Å²) in [5.74, 6) is -1.60. The number of hydrogen-bond acceptors (Lipinski definition) is 5. The SMILES string of the molecule is CC(=O)Nc1nc(C(=O)N(C)CCC(=O)O)cs1. The van der Waals surface area contributed by atoms with E-state index < -0.39 is 5.97 Å². The van der Waals surface area contributed by atoms with Crippen LogP contribution in [0.3, 0.4) is 0 Å². The Kier molecular flexibility index (Phi) is 4.78. The number of carboxylic acids is 1. The van der Waals surface area contributed by atoms with E-state index >= 15 is 0 Å². The van der Waals surface area contributed by atoms with E-state index in [-0.39, 0.29) is 30.5 Å². The third kappa shape index (κ3) is 4.13. The lowest BCUT2D eigenvalue weighted by Crippen LogP contribution is -2.29. The molecule has 98 valence electrons. The number of nitrogens with zero attached hydrogens (tertiary/aromatic N) is 2. The van der Waals surface area contributed by atoms with Crippen LogP contribution in [-0.2, 0) is 9.59 Å². The Morgan fingerprint density at radius 3 is 2.72 bits per heavy atom. The summed E-state index contributed by atoms with van der Waals surface area (Å²) in [4.78, 5) is 38.2. The minimum Gasteiger partial charge on any atom is -0.481 e. The van der Waals surface area contributed by atoms with Crippen LogP contribution in [0.2, 0.25) is 0 Å². The van der Waals surface area contributed by atoms with Crippen molar-refractivity contribution in [2.45, 2.75) is 13.3 Å². The molecule has 1 heterocycles. The number of anilines is 1. The Morgan fingerprint density at radius 2 is 2.17 bits per heavy atom. The minimum atomic E-state index is -0.966. The zero-order valence-electron chi connectivity index (χ0n) is 9.97. The fourth-order valence-electron chi connectivity index (χ4n) is 1.14. The lowest BCUT2D eigenvalue weighted by Gasteiger charge is -2.13. The Hall–Kier alpha value is -1.96. The first-order chi connectivity index (χ1) is 8.40. The maximum Gasteiger partial charge on any atom is 0.305 e. The summed E-state index contributed by atoms with van der Waals surface area (Å²) in [7, 11) is 1.50. The maximum absolute atomic E-state index is 11.8. The maximum atomic E-state index is 11.8. The van der Waals surface area contributed by atoms with Gasteiger partial charge < -0.3 is 15.3 Å². The summed E-state index contributed by atoms with van der Waals surface area (Å²) < 4.78 is 0. The normalized spacial score (nSPS) is 9.89. The van der Waals surface area contributed by atoms with Crippen LogP contribution in [0, 0.1) is 0 Å². The van der Waals surface area contributed by atoms with Gasteiger partial charge in [-0.25, -0.2) is 4.98 Å². The largest absolute Gasteiger partial charge is 0.481 e. The third-order valence-electron chi connectivity index (χ3n) is 2.01. The van der Waals surface area contributed by atoms with Crippen molar-refractivity contribution in [1.29, 1.82) is 0 Å². The number of aromatic nitrogens is 1. The molecule has 0 fully saturated rings. The highest BCUT2D eigenvalue weighted by Gasteiger charge is 2.16. The number of carbonyl (C=O) groups is 3. The number of amides is 2. The molecule has 0 atom stereocenters. The highest BCUT2D eigenvalue weighted by atomic mass is 32.1. The van der Waals surface area contributed by atoms with E-state index in [9.17, 15) is 14.4 Å². The van der Waals surface area contributed by atoms with E-state index in [1.807, 2.05) is 0 Å². The van der Waals surface area contributed by atoms with Crippen LogP contribution >= 0.6 is 11.3 Å². The summed E-state index contributed by atoms with van der Waals surface area (Å²) in [6.45, 7) is 1.46. The zero-order chi connectivity index (χ0) is 13.7. The molecule has 0 bridgehead atoms. The predicted molar refractivity (Wildman–Crippen MR) is 65.6 cm³/mol. The van der Waals surface area contributed by atoms with Crippen LogP contribution in [0.1, 0.15) is 23.8 Å². The van der Waals surface area contributed by atoms with E-state index in [0.717, 1.165) is 11.3 Å². The van der Waals surface area contributed by atoms with Crippen molar-refractivity contribution in [3.05, 3.63) is 11.1 Å². The van der Waals surface area contributed by atoms with Gasteiger partial charge in [-0.3, -0.25) is 14.4 Å². The molecule has 0 aliphatic rings. The van der Waals surface area contributed by atoms with Crippen molar-refractivity contribution in [2.24, 2.45) is 0 Å². The second-order valence-corrected chi connectivity index (χ2v) is 4.45. The molecular formula is C10H13N3O4S. The molecule has 0 saturated carbocycles. The molecular weight excluding hydrogens is 258 g/mol. The molecule has 7 nitrogen and oxygen atoms in total. The molecule has 18 heavy (non-hydrogen) atoms. The van der Waals surface area contributed by atoms with Gasteiger partial charge >= 0.3 is 5.97 Å². The molecule has 1 aromatic rings. The van der Waals surface area contributed by atoms with Crippen LogP contribution in [0.4, 0.5) is 5.13 Å². The van der Waals surface area contributed by atoms with Crippen molar-refractivity contribution < 1.29 is 19.5 Å². The molecule has 0 aliphatic heterocycles. The summed E-state index contributed by atoms with van der Waals surface area (Å²) in [6, 6.07) is 0. The van der Waals surface area contributed by atoms with Crippen molar-refractivity contribution in [1.82, 2.24) is 9.88 Å². The van der Waals surface area contributed by atoms with Crippen LogP contribution in [-0.4, -0.2) is 46.4 Å². The van der Waals surface area contributed by atoms with Gasteiger partial charge in [0.2, 0.25) is 5.91 Å². The number of carbonyl (C=O) groups excluding carboxylic acids is 2. The topological polar surface area (TPSA) is 99.6 Å². The molecule has 2 N–H and O–H groups in total. The van der Waals surface area contributed by atoms with Crippen LogP contribution in [0.15, 0.2) is 5.38 Å². The van der Waals surface area contributed by atoms with Crippen LogP contribution in [0.25, 0.3) is 0 Å². The van der Waals surface area contributed by atoms with Crippen molar-refractivity contribution in [3.8, 4) is 0 Å². The monoisotopic (exact) mass is 271 g/mol. The molecule has 2 amide bonds. The highest BCUT2D eigenvalue weighted by molar-refractivity contribution is 7.14. The Morgan fingerprint density at radius 1 is 1.50 bits per heavy atom. The first-order valence-corrected chi connectivity index (χ1v) is 5.98. The quantitative estimate of drug-likeness (QED) is 0.819. The fraction of sp³-hybridized carbons (Fsp3) is 0.400. The number of aliphatic carboxylic acids is 1. The van der Waals surface area contributed by atoms with Crippen molar-refractivity contribution >= 4 is 34.3 Å². The molecule has 1 aromatic heterocycles. The average molecular weight is 271 g/mol. The van der Waals surface area contributed by atoms with Crippen molar-refractivity contribution in [2.75, 3.05) is 18.9 Å². The number of hydrogen-bond donors (Lipinski definition) is 2. The van der Waals surface area contributed by atoms with E-state index in [4.69, 9.17) is 5.11 Å². The predicted octanol–water partition coefficient (Wildman–Crippen LogP) is 0.648. The van der Waals surface area contributed by atoms with Gasteiger partial charge in [0.05, 0.1) is 6.42 Å². The van der Waals surface area contributed by atoms with Gasteiger partial charge in [0.25, 0.3) is 5.91 Å². The first kappa shape index (κ1) is 14.1. The summed E-state index contributed by atoms with van der Waals surface area (Å²) in [5, 5.41) is 12.9. The van der Waals surface area contributed by atoms with Gasteiger partial charge in [-0.2, -0.15) is 0 Å². The number of thiazole rings is 1. The molecule has 0 aromatic carbocycles. The first-order valence-electron chi connectivity index (χ1n) is 5.10. The fourth-order valence-corrected chi connectivity index (χ4v) is 1.87. The Labute approximate surface area is 107 Å². The lowest BCUT2D eigenvalue weighted by atomic mass is 10.3.